The van der Waals surface area contributed by atoms with E-state index >= 15 is 0 Å². The molecule has 100 valence electrons. The van der Waals surface area contributed by atoms with Crippen LogP contribution in [0.1, 0.15) is 24.2 Å². The number of nitrogens with zero attached hydrogens (tertiary/aromatic N) is 2. The molecule has 0 fully saturated rings. The Kier molecular flexibility index (Phi) is 4.53. The molecule has 0 radical (unpaired) electrons. The Bertz CT molecular complexity index is 511. The van der Waals surface area contributed by atoms with Crippen LogP contribution in [-0.4, -0.2) is 23.7 Å². The van der Waals surface area contributed by atoms with E-state index in [1.54, 1.807) is 13.1 Å². The highest BCUT2D eigenvalue weighted by atomic mass is 16.3. The highest BCUT2D eigenvalue weighted by Gasteiger charge is 2.06. The Labute approximate surface area is 114 Å². The number of aromatic nitrogens is 1. The molecule has 0 aliphatic heterocycles. The minimum absolute atomic E-state index is 0.454. The molecule has 2 rings (SSSR count). The molecule has 1 N–H and O–H groups in total. The zero-order chi connectivity index (χ0) is 13.7. The normalized spacial score (nSPS) is 12.2. The summed E-state index contributed by atoms with van der Waals surface area (Å²) in [5, 5.41) is 9.59. The molecule has 0 saturated heterocycles. The molecule has 3 heteroatoms. The minimum Gasteiger partial charge on any atom is -0.389 e. The molecule has 0 amide bonds. The first-order chi connectivity index (χ1) is 9.16. The lowest BCUT2D eigenvalue weighted by molar-refractivity contribution is 0.199. The number of aliphatic hydroxyl groups excluding tert-OH is 1. The largest absolute Gasteiger partial charge is 0.389 e. The van der Waals surface area contributed by atoms with Gasteiger partial charge in [0.05, 0.1) is 6.10 Å². The topological polar surface area (TPSA) is 36.4 Å². The SMILES string of the molecule is C[C@H](O)c1ccnc(N(C)CCc2ccccc2)c1. The molecule has 0 spiro atoms. The van der Waals surface area contributed by atoms with Crippen LogP contribution in [0.2, 0.25) is 0 Å². The van der Waals surface area contributed by atoms with Crippen molar-refractivity contribution in [1.82, 2.24) is 4.98 Å². The van der Waals surface area contributed by atoms with E-state index in [0.29, 0.717) is 0 Å². The summed E-state index contributed by atoms with van der Waals surface area (Å²) in [4.78, 5) is 6.46. The van der Waals surface area contributed by atoms with Crippen molar-refractivity contribution in [3.8, 4) is 0 Å². The molecular formula is C16H20N2O. The quantitative estimate of drug-likeness (QED) is 0.893. The molecule has 1 aromatic carbocycles. The van der Waals surface area contributed by atoms with Gasteiger partial charge < -0.3 is 10.0 Å². The highest BCUT2D eigenvalue weighted by molar-refractivity contribution is 5.40. The van der Waals surface area contributed by atoms with E-state index in [1.165, 1.54) is 5.56 Å². The van der Waals surface area contributed by atoms with Crippen molar-refractivity contribution in [3.05, 3.63) is 59.8 Å². The lowest BCUT2D eigenvalue weighted by atomic mass is 10.1. The van der Waals surface area contributed by atoms with Crippen LogP contribution in [0.15, 0.2) is 48.7 Å². The van der Waals surface area contributed by atoms with Crippen LogP contribution in [0.3, 0.4) is 0 Å². The van der Waals surface area contributed by atoms with Gasteiger partial charge in [0.1, 0.15) is 5.82 Å². The van der Waals surface area contributed by atoms with E-state index in [1.807, 2.05) is 25.2 Å². The van der Waals surface area contributed by atoms with Crippen LogP contribution in [-0.2, 0) is 6.42 Å². The third-order valence-corrected chi connectivity index (χ3v) is 3.22. The molecule has 3 nitrogen and oxygen atoms in total. The monoisotopic (exact) mass is 256 g/mol. The molecule has 1 atom stereocenters. The van der Waals surface area contributed by atoms with E-state index < -0.39 is 6.10 Å². The Morgan fingerprint density at radius 1 is 1.21 bits per heavy atom. The van der Waals surface area contributed by atoms with Crippen molar-refractivity contribution in [2.75, 3.05) is 18.5 Å². The standard InChI is InChI=1S/C16H20N2O/c1-13(19)15-8-10-17-16(12-15)18(2)11-9-14-6-4-3-5-7-14/h3-8,10,12-13,19H,9,11H2,1-2H3/t13-/m0/s1. The predicted molar refractivity (Wildman–Crippen MR) is 78.3 cm³/mol. The Hall–Kier alpha value is -1.87. The number of hydrogen-bond acceptors (Lipinski definition) is 3. The molecule has 0 saturated carbocycles. The van der Waals surface area contributed by atoms with E-state index in [-0.39, 0.29) is 0 Å². The molecular weight excluding hydrogens is 236 g/mol. The number of pyridine rings is 1. The second-order valence-electron chi connectivity index (χ2n) is 4.78. The fourth-order valence-corrected chi connectivity index (χ4v) is 1.96. The van der Waals surface area contributed by atoms with Crippen LogP contribution in [0, 0.1) is 0 Å². The van der Waals surface area contributed by atoms with Crippen LogP contribution in [0.4, 0.5) is 5.82 Å². The first-order valence-corrected chi connectivity index (χ1v) is 6.56. The summed E-state index contributed by atoms with van der Waals surface area (Å²) in [6, 6.07) is 14.2. The predicted octanol–water partition coefficient (Wildman–Crippen LogP) is 2.81. The van der Waals surface area contributed by atoms with Gasteiger partial charge in [-0.05, 0) is 36.6 Å². The van der Waals surface area contributed by atoms with Gasteiger partial charge in [0.25, 0.3) is 0 Å². The van der Waals surface area contributed by atoms with Crippen molar-refractivity contribution in [2.24, 2.45) is 0 Å². The lowest BCUT2D eigenvalue weighted by Crippen LogP contribution is -2.21. The fraction of sp³-hybridized carbons (Fsp3) is 0.312. The van der Waals surface area contributed by atoms with Gasteiger partial charge in [-0.15, -0.1) is 0 Å². The minimum atomic E-state index is -0.454. The number of benzene rings is 1. The molecule has 0 aliphatic carbocycles. The van der Waals surface area contributed by atoms with Gasteiger partial charge in [0.15, 0.2) is 0 Å². The van der Waals surface area contributed by atoms with E-state index in [0.717, 1.165) is 24.3 Å². The zero-order valence-electron chi connectivity index (χ0n) is 11.5. The first-order valence-electron chi connectivity index (χ1n) is 6.56. The summed E-state index contributed by atoms with van der Waals surface area (Å²) in [5.41, 5.74) is 2.22. The summed E-state index contributed by atoms with van der Waals surface area (Å²) in [7, 11) is 2.02. The third-order valence-electron chi connectivity index (χ3n) is 3.22. The molecule has 0 bridgehead atoms. The van der Waals surface area contributed by atoms with Gasteiger partial charge in [-0.25, -0.2) is 4.98 Å². The fourth-order valence-electron chi connectivity index (χ4n) is 1.96. The Morgan fingerprint density at radius 3 is 2.63 bits per heavy atom. The second-order valence-corrected chi connectivity index (χ2v) is 4.78. The van der Waals surface area contributed by atoms with Gasteiger partial charge >= 0.3 is 0 Å². The Balaban J connectivity index is 2.00. The van der Waals surface area contributed by atoms with Gasteiger partial charge in [-0.3, -0.25) is 0 Å². The lowest BCUT2D eigenvalue weighted by Gasteiger charge is -2.19. The summed E-state index contributed by atoms with van der Waals surface area (Å²) in [6.07, 6.45) is 2.28. The third kappa shape index (κ3) is 3.80. The van der Waals surface area contributed by atoms with Crippen LogP contribution in [0.25, 0.3) is 0 Å². The number of rotatable bonds is 5. The maximum atomic E-state index is 9.59. The van der Waals surface area contributed by atoms with Crippen molar-refractivity contribution in [1.29, 1.82) is 0 Å². The van der Waals surface area contributed by atoms with Crippen molar-refractivity contribution in [2.45, 2.75) is 19.4 Å². The van der Waals surface area contributed by atoms with Crippen LogP contribution < -0.4 is 4.90 Å². The average Bonchev–Trinajstić information content (AvgIpc) is 2.46. The van der Waals surface area contributed by atoms with Gasteiger partial charge in [0, 0.05) is 19.8 Å². The Morgan fingerprint density at radius 2 is 1.95 bits per heavy atom. The van der Waals surface area contributed by atoms with Crippen LogP contribution >= 0.6 is 0 Å². The molecule has 1 heterocycles. The van der Waals surface area contributed by atoms with Gasteiger partial charge in [-0.2, -0.15) is 0 Å². The van der Waals surface area contributed by atoms with E-state index in [4.69, 9.17) is 0 Å². The summed E-state index contributed by atoms with van der Waals surface area (Å²) in [5.74, 6) is 0.898. The number of hydrogen-bond donors (Lipinski definition) is 1. The van der Waals surface area contributed by atoms with E-state index in [2.05, 4.69) is 34.1 Å². The van der Waals surface area contributed by atoms with Crippen molar-refractivity contribution >= 4 is 5.82 Å². The molecule has 2 aromatic rings. The zero-order valence-corrected chi connectivity index (χ0v) is 11.5. The summed E-state index contributed by atoms with van der Waals surface area (Å²) < 4.78 is 0. The summed E-state index contributed by atoms with van der Waals surface area (Å²) in [6.45, 7) is 2.67. The molecule has 19 heavy (non-hydrogen) atoms. The maximum absolute atomic E-state index is 9.59. The van der Waals surface area contributed by atoms with Crippen molar-refractivity contribution < 1.29 is 5.11 Å². The number of likely N-dealkylation sites (N-methyl/N-ethyl adjacent to an activating group) is 1. The number of anilines is 1. The summed E-state index contributed by atoms with van der Waals surface area (Å²) >= 11 is 0. The molecule has 0 aliphatic rings. The number of aliphatic hydroxyl groups is 1. The highest BCUT2D eigenvalue weighted by Crippen LogP contribution is 2.17. The molecule has 0 unspecified atom stereocenters. The van der Waals surface area contributed by atoms with Crippen LogP contribution in [0.5, 0.6) is 0 Å². The smallest absolute Gasteiger partial charge is 0.128 e. The van der Waals surface area contributed by atoms with Gasteiger partial charge in [-0.1, -0.05) is 30.3 Å². The molecule has 1 aromatic heterocycles. The van der Waals surface area contributed by atoms with E-state index in [9.17, 15) is 5.11 Å². The second kappa shape index (κ2) is 6.34. The first kappa shape index (κ1) is 13.6. The average molecular weight is 256 g/mol. The van der Waals surface area contributed by atoms with Gasteiger partial charge in [0.2, 0.25) is 0 Å². The maximum Gasteiger partial charge on any atom is 0.128 e. The van der Waals surface area contributed by atoms with Crippen molar-refractivity contribution in [3.63, 3.8) is 0 Å².